The Hall–Kier alpha value is -3.41. The highest BCUT2D eigenvalue weighted by Crippen LogP contribution is 2.34. The Morgan fingerprint density at radius 3 is 2.74 bits per heavy atom. The quantitative estimate of drug-likeness (QED) is 0.410. The summed E-state index contributed by atoms with van der Waals surface area (Å²) in [6, 6.07) is 14.9. The molecule has 1 aliphatic rings. The van der Waals surface area contributed by atoms with Gasteiger partial charge in [0, 0.05) is 18.0 Å². The third-order valence-electron chi connectivity index (χ3n) is 3.76. The zero-order valence-corrected chi connectivity index (χ0v) is 12.2. The molecule has 0 spiro atoms. The molecule has 3 heterocycles. The van der Waals surface area contributed by atoms with Crippen LogP contribution in [0.1, 0.15) is 11.3 Å². The van der Waals surface area contributed by atoms with Crippen molar-refractivity contribution in [3.63, 3.8) is 0 Å². The third kappa shape index (κ3) is 2.08. The number of amidine groups is 2. The van der Waals surface area contributed by atoms with Crippen LogP contribution >= 0.6 is 0 Å². The van der Waals surface area contributed by atoms with Crippen molar-refractivity contribution in [1.82, 2.24) is 9.97 Å². The number of hydrogen-bond donors (Lipinski definition) is 4. The smallest absolute Gasteiger partial charge is 0.155 e. The molecule has 0 atom stereocenters. The van der Waals surface area contributed by atoms with Crippen LogP contribution in [0, 0.1) is 10.8 Å². The normalized spacial score (nSPS) is 12.9. The van der Waals surface area contributed by atoms with E-state index in [-0.39, 0.29) is 11.7 Å². The molecule has 0 saturated carbocycles. The first-order chi connectivity index (χ1) is 11.3. The Bertz CT molecular complexity index is 897. The summed E-state index contributed by atoms with van der Waals surface area (Å²) in [5.74, 6) is 1.06. The number of hydrogen-bond acceptors (Lipinski definition) is 4. The SMILES string of the molecule is N=C(c1ccc[nH]1)N1C(=N)c2ccccc2Nc2ncccc21. The van der Waals surface area contributed by atoms with E-state index in [0.717, 1.165) is 11.3 Å². The van der Waals surface area contributed by atoms with E-state index in [1.54, 1.807) is 23.4 Å². The van der Waals surface area contributed by atoms with Crippen molar-refractivity contribution in [1.29, 1.82) is 10.8 Å². The van der Waals surface area contributed by atoms with E-state index in [0.29, 0.717) is 17.2 Å². The Kier molecular flexibility index (Phi) is 2.94. The van der Waals surface area contributed by atoms with Crippen LogP contribution < -0.4 is 10.2 Å². The Labute approximate surface area is 132 Å². The van der Waals surface area contributed by atoms with Gasteiger partial charge in [0.15, 0.2) is 11.7 Å². The fourth-order valence-electron chi connectivity index (χ4n) is 2.67. The van der Waals surface area contributed by atoms with E-state index in [2.05, 4.69) is 15.3 Å². The summed E-state index contributed by atoms with van der Waals surface area (Å²) in [4.78, 5) is 8.99. The summed E-state index contributed by atoms with van der Waals surface area (Å²) < 4.78 is 0. The van der Waals surface area contributed by atoms with Crippen molar-refractivity contribution in [3.05, 3.63) is 72.2 Å². The fraction of sp³-hybridized carbons (Fsp3) is 0. The van der Waals surface area contributed by atoms with Gasteiger partial charge in [-0.2, -0.15) is 0 Å². The van der Waals surface area contributed by atoms with E-state index in [9.17, 15) is 0 Å². The van der Waals surface area contributed by atoms with Crippen molar-refractivity contribution >= 4 is 28.9 Å². The number of anilines is 3. The molecule has 3 aromatic rings. The molecule has 2 aromatic heterocycles. The number of fused-ring (bicyclic) bond motifs is 2. The summed E-state index contributed by atoms with van der Waals surface area (Å²) in [5.41, 5.74) is 2.85. The van der Waals surface area contributed by atoms with Crippen LogP contribution in [-0.4, -0.2) is 21.6 Å². The van der Waals surface area contributed by atoms with Gasteiger partial charge in [0.2, 0.25) is 0 Å². The first-order valence-electron chi connectivity index (χ1n) is 7.18. The van der Waals surface area contributed by atoms with E-state index >= 15 is 0 Å². The van der Waals surface area contributed by atoms with Crippen molar-refractivity contribution in [2.45, 2.75) is 0 Å². The number of para-hydroxylation sites is 1. The van der Waals surface area contributed by atoms with Crippen molar-refractivity contribution in [2.24, 2.45) is 0 Å². The molecule has 0 unspecified atom stereocenters. The lowest BCUT2D eigenvalue weighted by molar-refractivity contribution is 1.23. The van der Waals surface area contributed by atoms with Crippen LogP contribution in [0.15, 0.2) is 60.9 Å². The lowest BCUT2D eigenvalue weighted by Crippen LogP contribution is -2.37. The minimum absolute atomic E-state index is 0.202. The highest BCUT2D eigenvalue weighted by atomic mass is 15.3. The van der Waals surface area contributed by atoms with Crippen LogP contribution in [0.25, 0.3) is 0 Å². The lowest BCUT2D eigenvalue weighted by Gasteiger charge is -2.24. The van der Waals surface area contributed by atoms with Crippen LogP contribution in [0.3, 0.4) is 0 Å². The van der Waals surface area contributed by atoms with Crippen LogP contribution in [-0.2, 0) is 0 Å². The Morgan fingerprint density at radius 2 is 1.91 bits per heavy atom. The zero-order valence-electron chi connectivity index (χ0n) is 12.2. The second kappa shape index (κ2) is 5.10. The van der Waals surface area contributed by atoms with E-state index in [1.807, 2.05) is 42.5 Å². The molecule has 6 heteroatoms. The van der Waals surface area contributed by atoms with Gasteiger partial charge in [-0.1, -0.05) is 12.1 Å². The minimum Gasteiger partial charge on any atom is -0.359 e. The summed E-state index contributed by atoms with van der Waals surface area (Å²) >= 11 is 0. The van der Waals surface area contributed by atoms with E-state index < -0.39 is 0 Å². The molecule has 0 amide bonds. The summed E-state index contributed by atoms with van der Waals surface area (Å²) in [6.07, 6.45) is 3.46. The average molecular weight is 302 g/mol. The van der Waals surface area contributed by atoms with Gasteiger partial charge in [-0.3, -0.25) is 15.7 Å². The maximum absolute atomic E-state index is 8.63. The number of aromatic amines is 1. The van der Waals surface area contributed by atoms with Gasteiger partial charge < -0.3 is 10.3 Å². The van der Waals surface area contributed by atoms with Crippen molar-refractivity contribution in [2.75, 3.05) is 10.2 Å². The summed E-state index contributed by atoms with van der Waals surface area (Å²) in [5, 5.41) is 20.4. The monoisotopic (exact) mass is 302 g/mol. The van der Waals surface area contributed by atoms with E-state index in [4.69, 9.17) is 10.8 Å². The predicted octanol–water partition coefficient (Wildman–Crippen LogP) is 3.32. The number of nitrogens with zero attached hydrogens (tertiary/aromatic N) is 2. The molecule has 0 aliphatic carbocycles. The largest absolute Gasteiger partial charge is 0.359 e. The standard InChI is InChI=1S/C17H14N6/c18-15-11-5-1-2-6-12(11)22-17-14(8-4-10-21-17)23(15)16(19)13-7-3-9-20-13/h1-10,18-20H,(H,21,22). The number of benzene rings is 1. The molecular formula is C17H14N6. The number of rotatable bonds is 1. The highest BCUT2D eigenvalue weighted by molar-refractivity contribution is 6.30. The first-order valence-corrected chi connectivity index (χ1v) is 7.18. The highest BCUT2D eigenvalue weighted by Gasteiger charge is 2.28. The number of H-pyrrole nitrogens is 1. The molecule has 1 aliphatic heterocycles. The molecule has 23 heavy (non-hydrogen) atoms. The average Bonchev–Trinajstić information content (AvgIpc) is 3.07. The van der Waals surface area contributed by atoms with Gasteiger partial charge in [0.25, 0.3) is 0 Å². The second-order valence-electron chi connectivity index (χ2n) is 5.16. The maximum atomic E-state index is 8.63. The molecule has 6 nitrogen and oxygen atoms in total. The summed E-state index contributed by atoms with van der Waals surface area (Å²) in [7, 11) is 0. The molecule has 4 rings (SSSR count). The molecule has 0 bridgehead atoms. The first kappa shape index (κ1) is 13.3. The molecular weight excluding hydrogens is 288 g/mol. The second-order valence-corrected chi connectivity index (χ2v) is 5.16. The number of aromatic nitrogens is 2. The van der Waals surface area contributed by atoms with Crippen molar-refractivity contribution < 1.29 is 0 Å². The molecule has 0 saturated heterocycles. The third-order valence-corrected chi connectivity index (χ3v) is 3.76. The Morgan fingerprint density at radius 1 is 1.04 bits per heavy atom. The predicted molar refractivity (Wildman–Crippen MR) is 90.9 cm³/mol. The zero-order chi connectivity index (χ0) is 15.8. The number of nitrogens with one attached hydrogen (secondary N) is 4. The van der Waals surface area contributed by atoms with Crippen LogP contribution in [0.2, 0.25) is 0 Å². The van der Waals surface area contributed by atoms with Gasteiger partial charge in [-0.15, -0.1) is 0 Å². The lowest BCUT2D eigenvalue weighted by atomic mass is 10.1. The van der Waals surface area contributed by atoms with Crippen molar-refractivity contribution in [3.8, 4) is 0 Å². The number of pyridine rings is 1. The summed E-state index contributed by atoms with van der Waals surface area (Å²) in [6.45, 7) is 0. The van der Waals surface area contributed by atoms with Gasteiger partial charge in [0.05, 0.1) is 17.1 Å². The van der Waals surface area contributed by atoms with E-state index in [1.165, 1.54) is 0 Å². The topological polar surface area (TPSA) is 91.7 Å². The molecule has 0 fully saturated rings. The van der Waals surface area contributed by atoms with Gasteiger partial charge in [-0.05, 0) is 36.4 Å². The molecule has 4 N–H and O–H groups in total. The molecule has 1 aromatic carbocycles. The molecule has 0 radical (unpaired) electrons. The van der Waals surface area contributed by atoms with Crippen LogP contribution in [0.4, 0.5) is 17.2 Å². The van der Waals surface area contributed by atoms with Gasteiger partial charge in [0.1, 0.15) is 5.84 Å². The maximum Gasteiger partial charge on any atom is 0.155 e. The Balaban J connectivity index is 1.93. The molecule has 112 valence electrons. The van der Waals surface area contributed by atoms with Crippen LogP contribution in [0.5, 0.6) is 0 Å². The van der Waals surface area contributed by atoms with Gasteiger partial charge >= 0.3 is 0 Å². The van der Waals surface area contributed by atoms with Gasteiger partial charge in [-0.25, -0.2) is 4.98 Å². The fourth-order valence-corrected chi connectivity index (χ4v) is 2.67. The minimum atomic E-state index is 0.202.